The van der Waals surface area contributed by atoms with Crippen LogP contribution in [0.5, 0.6) is 11.6 Å². The minimum absolute atomic E-state index is 0.173. The normalized spacial score (nSPS) is 14.7. The maximum absolute atomic E-state index is 14.4. The summed E-state index contributed by atoms with van der Waals surface area (Å²) in [6.45, 7) is 5.33. The van der Waals surface area contributed by atoms with Crippen LogP contribution in [0.15, 0.2) is 54.6 Å². The summed E-state index contributed by atoms with van der Waals surface area (Å²) >= 11 is 0. The second-order valence-corrected chi connectivity index (χ2v) is 8.61. The molecule has 0 bridgehead atoms. The third-order valence-corrected chi connectivity index (χ3v) is 5.94. The molecule has 3 aromatic rings. The van der Waals surface area contributed by atoms with Crippen molar-refractivity contribution in [1.82, 2.24) is 14.7 Å². The summed E-state index contributed by atoms with van der Waals surface area (Å²) < 4.78 is 22.3. The maximum Gasteiger partial charge on any atom is 0.227 e. The number of benzene rings is 2. The van der Waals surface area contributed by atoms with Gasteiger partial charge in [0.2, 0.25) is 5.88 Å². The monoisotopic (exact) mass is 437 g/mol. The van der Waals surface area contributed by atoms with Gasteiger partial charge in [0.25, 0.3) is 0 Å². The lowest BCUT2D eigenvalue weighted by molar-refractivity contribution is 0.0949. The van der Waals surface area contributed by atoms with Gasteiger partial charge >= 0.3 is 0 Å². The van der Waals surface area contributed by atoms with Crippen LogP contribution in [0.1, 0.15) is 50.3 Å². The van der Waals surface area contributed by atoms with Crippen molar-refractivity contribution in [3.8, 4) is 17.3 Å². The zero-order valence-electron chi connectivity index (χ0n) is 18.9. The van der Waals surface area contributed by atoms with Gasteiger partial charge in [-0.3, -0.25) is 4.90 Å². The molecule has 6 heteroatoms. The van der Waals surface area contributed by atoms with E-state index in [1.165, 1.54) is 6.07 Å². The van der Waals surface area contributed by atoms with Crippen LogP contribution in [0, 0.1) is 12.7 Å². The van der Waals surface area contributed by atoms with Crippen LogP contribution in [0.2, 0.25) is 0 Å². The Labute approximate surface area is 189 Å². The van der Waals surface area contributed by atoms with E-state index in [1.807, 2.05) is 37.3 Å². The molecule has 1 aliphatic rings. The van der Waals surface area contributed by atoms with E-state index in [-0.39, 0.29) is 11.9 Å². The van der Waals surface area contributed by atoms with E-state index in [2.05, 4.69) is 11.8 Å². The molecule has 170 valence electrons. The fraction of sp³-hybridized carbons (Fsp3) is 0.423. The van der Waals surface area contributed by atoms with Crippen molar-refractivity contribution >= 4 is 0 Å². The van der Waals surface area contributed by atoms with E-state index in [9.17, 15) is 9.50 Å². The Bertz CT molecular complexity index is 1020. The van der Waals surface area contributed by atoms with Gasteiger partial charge in [0.05, 0.1) is 23.0 Å². The van der Waals surface area contributed by atoms with Crippen LogP contribution < -0.4 is 4.74 Å². The molecule has 1 N–H and O–H groups in total. The van der Waals surface area contributed by atoms with E-state index in [1.54, 1.807) is 22.9 Å². The average Bonchev–Trinajstić information content (AvgIpc) is 3.60. The van der Waals surface area contributed by atoms with Crippen molar-refractivity contribution in [2.45, 2.75) is 64.6 Å². The van der Waals surface area contributed by atoms with Crippen LogP contribution in [0.3, 0.4) is 0 Å². The summed E-state index contributed by atoms with van der Waals surface area (Å²) in [6.07, 6.45) is 4.82. The van der Waals surface area contributed by atoms with Crippen LogP contribution >= 0.6 is 0 Å². The molecule has 32 heavy (non-hydrogen) atoms. The number of rotatable bonds is 11. The van der Waals surface area contributed by atoms with Gasteiger partial charge in [-0.05, 0) is 50.5 Å². The predicted molar refractivity (Wildman–Crippen MR) is 124 cm³/mol. The Morgan fingerprint density at radius 2 is 1.88 bits per heavy atom. The van der Waals surface area contributed by atoms with Crippen molar-refractivity contribution in [3.63, 3.8) is 0 Å². The molecule has 1 aromatic heterocycles. The number of hydrogen-bond acceptors (Lipinski definition) is 4. The highest BCUT2D eigenvalue weighted by Crippen LogP contribution is 2.35. The molecule has 1 fully saturated rings. The van der Waals surface area contributed by atoms with E-state index < -0.39 is 5.82 Å². The number of nitrogens with zero attached hydrogens (tertiary/aromatic N) is 3. The third kappa shape index (κ3) is 5.37. The molecule has 0 amide bonds. The van der Waals surface area contributed by atoms with Gasteiger partial charge in [0, 0.05) is 19.1 Å². The summed E-state index contributed by atoms with van der Waals surface area (Å²) in [5, 5.41) is 15.3. The molecular weight excluding hydrogens is 405 g/mol. The summed E-state index contributed by atoms with van der Waals surface area (Å²) in [7, 11) is 0. The van der Waals surface area contributed by atoms with Gasteiger partial charge in [-0.1, -0.05) is 50.1 Å². The highest BCUT2D eigenvalue weighted by atomic mass is 19.1. The molecule has 1 atom stereocenters. The van der Waals surface area contributed by atoms with Crippen molar-refractivity contribution in [1.29, 1.82) is 0 Å². The number of para-hydroxylation sites is 2. The third-order valence-electron chi connectivity index (χ3n) is 5.94. The lowest BCUT2D eigenvalue weighted by Crippen LogP contribution is -2.34. The van der Waals surface area contributed by atoms with Gasteiger partial charge in [-0.15, -0.1) is 0 Å². The standard InChI is InChI=1S/C26H32FN3O2/c1-3-4-12-22(31)17-29(20-15-16-20)18-23-19(2)28-30(21-10-6-5-7-11-21)26(23)32-25-14-9-8-13-24(25)27/h5-11,13-14,20,22,31H,3-4,12,15-18H2,1-2H3/t22-/m1/s1. The Morgan fingerprint density at radius 1 is 1.16 bits per heavy atom. The molecular formula is C26H32FN3O2. The van der Waals surface area contributed by atoms with E-state index >= 15 is 0 Å². The second-order valence-electron chi connectivity index (χ2n) is 8.61. The molecule has 0 spiro atoms. The highest BCUT2D eigenvalue weighted by molar-refractivity contribution is 5.43. The molecule has 0 radical (unpaired) electrons. The Morgan fingerprint density at radius 3 is 2.56 bits per heavy atom. The van der Waals surface area contributed by atoms with Gasteiger partial charge < -0.3 is 9.84 Å². The molecule has 0 unspecified atom stereocenters. The molecule has 5 nitrogen and oxygen atoms in total. The number of halogens is 1. The van der Waals surface area contributed by atoms with Gasteiger partial charge in [-0.25, -0.2) is 9.07 Å². The number of ether oxygens (including phenoxy) is 1. The Kier molecular flexibility index (Phi) is 7.22. The molecule has 4 rings (SSSR count). The van der Waals surface area contributed by atoms with E-state index in [0.717, 1.165) is 49.0 Å². The van der Waals surface area contributed by atoms with Crippen molar-refractivity contribution in [2.75, 3.05) is 6.54 Å². The summed E-state index contributed by atoms with van der Waals surface area (Å²) in [6, 6.07) is 16.6. The fourth-order valence-corrected chi connectivity index (χ4v) is 3.99. The number of aromatic nitrogens is 2. The molecule has 1 saturated carbocycles. The molecule has 2 aromatic carbocycles. The van der Waals surface area contributed by atoms with Crippen molar-refractivity contribution in [2.24, 2.45) is 0 Å². The van der Waals surface area contributed by atoms with E-state index in [4.69, 9.17) is 9.84 Å². The van der Waals surface area contributed by atoms with Crippen LogP contribution in [-0.2, 0) is 6.54 Å². The lowest BCUT2D eigenvalue weighted by atomic mass is 10.1. The lowest BCUT2D eigenvalue weighted by Gasteiger charge is -2.25. The van der Waals surface area contributed by atoms with Crippen LogP contribution in [-0.4, -0.2) is 38.5 Å². The SMILES string of the molecule is CCCC[C@@H](O)CN(Cc1c(C)nn(-c2ccccc2)c1Oc1ccccc1F)C1CC1. The average molecular weight is 438 g/mol. The van der Waals surface area contributed by atoms with E-state index in [0.29, 0.717) is 25.0 Å². The predicted octanol–water partition coefficient (Wildman–Crippen LogP) is 5.63. The summed E-state index contributed by atoms with van der Waals surface area (Å²) in [5.41, 5.74) is 2.62. The Hall–Kier alpha value is -2.70. The van der Waals surface area contributed by atoms with Crippen LogP contribution in [0.25, 0.3) is 5.69 Å². The topological polar surface area (TPSA) is 50.5 Å². The van der Waals surface area contributed by atoms with Gasteiger partial charge in [-0.2, -0.15) is 5.10 Å². The number of hydrogen-bond donors (Lipinski definition) is 1. The number of aryl methyl sites for hydroxylation is 1. The first-order chi connectivity index (χ1) is 15.6. The zero-order valence-corrected chi connectivity index (χ0v) is 18.9. The van der Waals surface area contributed by atoms with Crippen molar-refractivity contribution < 1.29 is 14.2 Å². The summed E-state index contributed by atoms with van der Waals surface area (Å²) in [5.74, 6) is 0.283. The minimum atomic E-state index is -0.411. The van der Waals surface area contributed by atoms with Crippen LogP contribution in [0.4, 0.5) is 4.39 Å². The first-order valence-electron chi connectivity index (χ1n) is 11.5. The fourth-order valence-electron chi connectivity index (χ4n) is 3.99. The first kappa shape index (κ1) is 22.5. The van der Waals surface area contributed by atoms with Crippen molar-refractivity contribution in [3.05, 3.63) is 71.7 Å². The van der Waals surface area contributed by atoms with Gasteiger partial charge in [0.1, 0.15) is 0 Å². The summed E-state index contributed by atoms with van der Waals surface area (Å²) in [4.78, 5) is 2.33. The molecule has 0 saturated heterocycles. The second kappa shape index (κ2) is 10.3. The number of aliphatic hydroxyl groups is 1. The molecule has 0 aliphatic heterocycles. The molecule has 1 heterocycles. The smallest absolute Gasteiger partial charge is 0.227 e. The largest absolute Gasteiger partial charge is 0.435 e. The maximum atomic E-state index is 14.4. The number of aliphatic hydroxyl groups excluding tert-OH is 1. The number of unbranched alkanes of at least 4 members (excludes halogenated alkanes) is 1. The quantitative estimate of drug-likeness (QED) is 0.423. The molecule has 1 aliphatic carbocycles. The zero-order chi connectivity index (χ0) is 22.5. The highest BCUT2D eigenvalue weighted by Gasteiger charge is 2.32. The minimum Gasteiger partial charge on any atom is -0.435 e. The van der Waals surface area contributed by atoms with Gasteiger partial charge in [0.15, 0.2) is 11.6 Å². The first-order valence-corrected chi connectivity index (χ1v) is 11.5. The Balaban J connectivity index is 1.67.